The molecule has 0 bridgehead atoms. The molecule has 18 heavy (non-hydrogen) atoms. The minimum Gasteiger partial charge on any atom is -0.370 e. The van der Waals surface area contributed by atoms with E-state index >= 15 is 0 Å². The SMILES string of the molecule is CCCC(C)N(C)Cc1nc(NCC)ccc1Cl. The van der Waals surface area contributed by atoms with Crippen molar-refractivity contribution in [3.05, 3.63) is 22.8 Å². The summed E-state index contributed by atoms with van der Waals surface area (Å²) in [4.78, 5) is 6.86. The zero-order valence-electron chi connectivity index (χ0n) is 11.8. The molecule has 1 rings (SSSR count). The molecule has 0 aliphatic carbocycles. The molecule has 0 fully saturated rings. The monoisotopic (exact) mass is 269 g/mol. The molecule has 0 spiro atoms. The van der Waals surface area contributed by atoms with Gasteiger partial charge in [0, 0.05) is 19.1 Å². The molecule has 1 N–H and O–H groups in total. The number of anilines is 1. The van der Waals surface area contributed by atoms with Crippen LogP contribution in [0.2, 0.25) is 5.02 Å². The van der Waals surface area contributed by atoms with Gasteiger partial charge in [-0.05, 0) is 39.4 Å². The number of nitrogens with zero attached hydrogens (tertiary/aromatic N) is 2. The number of hydrogen-bond acceptors (Lipinski definition) is 3. The van der Waals surface area contributed by atoms with Gasteiger partial charge in [-0.15, -0.1) is 0 Å². The minimum atomic E-state index is 0.552. The van der Waals surface area contributed by atoms with E-state index in [-0.39, 0.29) is 0 Å². The van der Waals surface area contributed by atoms with Gasteiger partial charge in [0.15, 0.2) is 0 Å². The maximum Gasteiger partial charge on any atom is 0.126 e. The average molecular weight is 270 g/mol. The summed E-state index contributed by atoms with van der Waals surface area (Å²) in [6.45, 7) is 8.17. The van der Waals surface area contributed by atoms with Gasteiger partial charge in [-0.25, -0.2) is 4.98 Å². The van der Waals surface area contributed by atoms with E-state index in [0.29, 0.717) is 6.04 Å². The van der Waals surface area contributed by atoms with Crippen molar-refractivity contribution >= 4 is 17.4 Å². The third-order valence-electron chi connectivity index (χ3n) is 3.13. The molecule has 0 radical (unpaired) electrons. The average Bonchev–Trinajstić information content (AvgIpc) is 2.34. The van der Waals surface area contributed by atoms with Gasteiger partial charge >= 0.3 is 0 Å². The van der Waals surface area contributed by atoms with Crippen LogP contribution < -0.4 is 5.32 Å². The first kappa shape index (κ1) is 15.3. The number of aromatic nitrogens is 1. The van der Waals surface area contributed by atoms with Crippen LogP contribution in [0.4, 0.5) is 5.82 Å². The highest BCUT2D eigenvalue weighted by Crippen LogP contribution is 2.19. The van der Waals surface area contributed by atoms with E-state index in [4.69, 9.17) is 11.6 Å². The Morgan fingerprint density at radius 3 is 2.72 bits per heavy atom. The summed E-state index contributed by atoms with van der Waals surface area (Å²) in [5.41, 5.74) is 0.945. The van der Waals surface area contributed by atoms with Gasteiger partial charge in [-0.3, -0.25) is 4.90 Å². The highest BCUT2D eigenvalue weighted by Gasteiger charge is 2.12. The van der Waals surface area contributed by atoms with Crippen LogP contribution in [0.1, 0.15) is 39.3 Å². The lowest BCUT2D eigenvalue weighted by Gasteiger charge is -2.24. The van der Waals surface area contributed by atoms with Crippen LogP contribution in [0.15, 0.2) is 12.1 Å². The third kappa shape index (κ3) is 4.46. The predicted molar refractivity (Wildman–Crippen MR) is 79.2 cm³/mol. The Balaban J connectivity index is 2.73. The Hall–Kier alpha value is -0.800. The van der Waals surface area contributed by atoms with Gasteiger partial charge in [0.1, 0.15) is 5.82 Å². The maximum atomic E-state index is 6.21. The minimum absolute atomic E-state index is 0.552. The molecule has 0 saturated carbocycles. The number of halogens is 1. The van der Waals surface area contributed by atoms with Crippen molar-refractivity contribution in [2.45, 2.75) is 46.2 Å². The number of nitrogens with one attached hydrogen (secondary N) is 1. The molecule has 0 aliphatic heterocycles. The molecule has 0 aromatic carbocycles. The zero-order valence-corrected chi connectivity index (χ0v) is 12.6. The predicted octanol–water partition coefficient (Wildman–Crippen LogP) is 3.79. The summed E-state index contributed by atoms with van der Waals surface area (Å²) < 4.78 is 0. The van der Waals surface area contributed by atoms with Crippen LogP contribution in [0.25, 0.3) is 0 Å². The van der Waals surface area contributed by atoms with E-state index in [1.54, 1.807) is 0 Å². The Bertz CT molecular complexity index is 368. The van der Waals surface area contributed by atoms with Crippen molar-refractivity contribution in [1.82, 2.24) is 9.88 Å². The summed E-state index contributed by atoms with van der Waals surface area (Å²) >= 11 is 6.21. The fourth-order valence-corrected chi connectivity index (χ4v) is 2.07. The summed E-state index contributed by atoms with van der Waals surface area (Å²) in [5, 5.41) is 3.96. The molecule has 1 atom stereocenters. The lowest BCUT2D eigenvalue weighted by molar-refractivity contribution is 0.234. The topological polar surface area (TPSA) is 28.2 Å². The second-order valence-corrected chi connectivity index (χ2v) is 5.12. The third-order valence-corrected chi connectivity index (χ3v) is 3.48. The van der Waals surface area contributed by atoms with Crippen molar-refractivity contribution in [1.29, 1.82) is 0 Å². The van der Waals surface area contributed by atoms with Crippen LogP contribution in [0, 0.1) is 0 Å². The van der Waals surface area contributed by atoms with Gasteiger partial charge in [0.2, 0.25) is 0 Å². The molecule has 102 valence electrons. The Kier molecular flexibility index (Phi) is 6.44. The van der Waals surface area contributed by atoms with Crippen molar-refractivity contribution in [2.75, 3.05) is 18.9 Å². The Morgan fingerprint density at radius 2 is 2.11 bits per heavy atom. The molecule has 1 aromatic rings. The molecule has 4 heteroatoms. The standard InChI is InChI=1S/C14H24ClN3/c1-5-7-11(3)18(4)10-13-12(15)8-9-14(17-13)16-6-2/h8-9,11H,5-7,10H2,1-4H3,(H,16,17). The van der Waals surface area contributed by atoms with E-state index in [0.717, 1.165) is 29.6 Å². The quantitative estimate of drug-likeness (QED) is 0.816. The Morgan fingerprint density at radius 1 is 1.39 bits per heavy atom. The summed E-state index contributed by atoms with van der Waals surface area (Å²) in [6.07, 6.45) is 2.39. The normalized spacial score (nSPS) is 12.8. The fourth-order valence-electron chi connectivity index (χ4n) is 1.91. The number of pyridine rings is 1. The van der Waals surface area contributed by atoms with Gasteiger partial charge in [0.25, 0.3) is 0 Å². The second kappa shape index (κ2) is 7.59. The van der Waals surface area contributed by atoms with Crippen LogP contribution in [-0.4, -0.2) is 29.5 Å². The zero-order chi connectivity index (χ0) is 13.5. The van der Waals surface area contributed by atoms with E-state index in [2.05, 4.69) is 43.0 Å². The van der Waals surface area contributed by atoms with E-state index in [1.165, 1.54) is 12.8 Å². The maximum absolute atomic E-state index is 6.21. The fraction of sp³-hybridized carbons (Fsp3) is 0.643. The Labute approximate surface area is 116 Å². The van der Waals surface area contributed by atoms with Gasteiger partial charge in [-0.1, -0.05) is 24.9 Å². The highest BCUT2D eigenvalue weighted by atomic mass is 35.5. The first-order valence-electron chi connectivity index (χ1n) is 6.68. The van der Waals surface area contributed by atoms with Crippen LogP contribution in [-0.2, 0) is 6.54 Å². The molecule has 0 saturated heterocycles. The molecule has 1 aromatic heterocycles. The van der Waals surface area contributed by atoms with E-state index in [9.17, 15) is 0 Å². The second-order valence-electron chi connectivity index (χ2n) is 4.71. The van der Waals surface area contributed by atoms with Gasteiger partial charge in [0.05, 0.1) is 10.7 Å². The van der Waals surface area contributed by atoms with Crippen molar-refractivity contribution in [3.63, 3.8) is 0 Å². The summed E-state index contributed by atoms with van der Waals surface area (Å²) in [7, 11) is 2.12. The smallest absolute Gasteiger partial charge is 0.126 e. The molecule has 1 unspecified atom stereocenters. The highest BCUT2D eigenvalue weighted by molar-refractivity contribution is 6.31. The lowest BCUT2D eigenvalue weighted by atomic mass is 10.1. The molecule has 0 amide bonds. The molecule has 0 aliphatic rings. The largest absolute Gasteiger partial charge is 0.370 e. The van der Waals surface area contributed by atoms with Crippen molar-refractivity contribution in [3.8, 4) is 0 Å². The summed E-state index contributed by atoms with van der Waals surface area (Å²) in [5.74, 6) is 0.897. The van der Waals surface area contributed by atoms with Gasteiger partial charge in [-0.2, -0.15) is 0 Å². The lowest BCUT2D eigenvalue weighted by Crippen LogP contribution is -2.28. The van der Waals surface area contributed by atoms with Gasteiger partial charge < -0.3 is 5.32 Å². The molecule has 3 nitrogen and oxygen atoms in total. The molecule has 1 heterocycles. The van der Waals surface area contributed by atoms with Crippen LogP contribution in [0.3, 0.4) is 0 Å². The number of hydrogen-bond donors (Lipinski definition) is 1. The van der Waals surface area contributed by atoms with E-state index < -0.39 is 0 Å². The van der Waals surface area contributed by atoms with E-state index in [1.807, 2.05) is 12.1 Å². The first-order valence-corrected chi connectivity index (χ1v) is 7.05. The number of rotatable bonds is 7. The molecular weight excluding hydrogens is 246 g/mol. The van der Waals surface area contributed by atoms with Crippen molar-refractivity contribution in [2.24, 2.45) is 0 Å². The molecular formula is C14H24ClN3. The van der Waals surface area contributed by atoms with Crippen LogP contribution in [0.5, 0.6) is 0 Å². The summed E-state index contributed by atoms with van der Waals surface area (Å²) in [6, 6.07) is 4.39. The van der Waals surface area contributed by atoms with Crippen molar-refractivity contribution < 1.29 is 0 Å². The van der Waals surface area contributed by atoms with Crippen LogP contribution >= 0.6 is 11.6 Å². The first-order chi connectivity index (χ1) is 8.58.